The van der Waals surface area contributed by atoms with Crippen molar-refractivity contribution in [3.05, 3.63) is 27.7 Å². The molecule has 7 heteroatoms. The van der Waals surface area contributed by atoms with E-state index < -0.39 is 11.4 Å². The van der Waals surface area contributed by atoms with E-state index in [-0.39, 0.29) is 12.0 Å². The molecule has 0 radical (unpaired) electrons. The summed E-state index contributed by atoms with van der Waals surface area (Å²) in [5.74, 6) is -0.419. The van der Waals surface area contributed by atoms with Gasteiger partial charge in [-0.15, -0.1) is 0 Å². The number of amides is 1. The van der Waals surface area contributed by atoms with E-state index in [0.29, 0.717) is 29.7 Å². The van der Waals surface area contributed by atoms with Gasteiger partial charge in [0.25, 0.3) is 0 Å². The largest absolute Gasteiger partial charge is 0.465 e. The van der Waals surface area contributed by atoms with Crippen molar-refractivity contribution in [1.29, 1.82) is 0 Å². The van der Waals surface area contributed by atoms with Gasteiger partial charge in [-0.3, -0.25) is 4.79 Å². The summed E-state index contributed by atoms with van der Waals surface area (Å²) in [6.45, 7) is 6.43. The quantitative estimate of drug-likeness (QED) is 0.789. The highest BCUT2D eigenvalue weighted by Gasteiger charge is 2.45. The molecule has 1 aromatic rings. The number of morpholine rings is 1. The van der Waals surface area contributed by atoms with Gasteiger partial charge in [0.15, 0.2) is 0 Å². The number of hydrogen-bond acceptors (Lipinski definition) is 5. The van der Waals surface area contributed by atoms with Crippen molar-refractivity contribution in [2.24, 2.45) is 0 Å². The van der Waals surface area contributed by atoms with Crippen LogP contribution in [0.25, 0.3) is 0 Å². The summed E-state index contributed by atoms with van der Waals surface area (Å²) in [6, 6.07) is 3.58. The molecule has 2 heterocycles. The molecule has 0 saturated carbocycles. The summed E-state index contributed by atoms with van der Waals surface area (Å²) in [4.78, 5) is 26.6. The van der Waals surface area contributed by atoms with Crippen molar-refractivity contribution in [1.82, 2.24) is 5.32 Å². The van der Waals surface area contributed by atoms with Crippen molar-refractivity contribution in [3.8, 4) is 0 Å². The van der Waals surface area contributed by atoms with Crippen LogP contribution in [-0.4, -0.2) is 51.3 Å². The van der Waals surface area contributed by atoms with Crippen LogP contribution in [0.5, 0.6) is 0 Å². The molecule has 1 amide bonds. The van der Waals surface area contributed by atoms with Crippen LogP contribution in [0.1, 0.15) is 29.8 Å². The van der Waals surface area contributed by atoms with Crippen LogP contribution in [0.2, 0.25) is 0 Å². The maximum absolute atomic E-state index is 12.9. The Kier molecular flexibility index (Phi) is 4.68. The summed E-state index contributed by atoms with van der Waals surface area (Å²) in [5.41, 5.74) is 1.42. The number of ether oxygens (including phenoxy) is 2. The van der Waals surface area contributed by atoms with E-state index in [1.54, 1.807) is 11.0 Å². The van der Waals surface area contributed by atoms with Crippen LogP contribution in [-0.2, 0) is 19.7 Å². The van der Waals surface area contributed by atoms with Gasteiger partial charge in [0.1, 0.15) is 0 Å². The fourth-order valence-electron chi connectivity index (χ4n) is 3.24. The van der Waals surface area contributed by atoms with Crippen LogP contribution >= 0.6 is 15.9 Å². The second kappa shape index (κ2) is 6.46. The number of anilines is 1. The summed E-state index contributed by atoms with van der Waals surface area (Å²) >= 11 is 3.42. The van der Waals surface area contributed by atoms with Crippen molar-refractivity contribution < 1.29 is 19.1 Å². The van der Waals surface area contributed by atoms with Crippen molar-refractivity contribution in [2.45, 2.75) is 25.4 Å². The number of halogens is 1. The Morgan fingerprint density at radius 2 is 2.25 bits per heavy atom. The molecule has 130 valence electrons. The molecule has 0 aromatic heterocycles. The SMILES string of the molecule is COC(=O)c1cc2c(cc1Br)C(C)(C)C(=O)N2CC1CNCCO1. The highest BCUT2D eigenvalue weighted by atomic mass is 79.9. The number of methoxy groups -OCH3 is 1. The van der Waals surface area contributed by atoms with Crippen molar-refractivity contribution >= 4 is 33.5 Å². The van der Waals surface area contributed by atoms with Crippen molar-refractivity contribution in [2.75, 3.05) is 38.3 Å². The molecule has 24 heavy (non-hydrogen) atoms. The number of benzene rings is 1. The average Bonchev–Trinajstić information content (AvgIpc) is 2.75. The van der Waals surface area contributed by atoms with Gasteiger partial charge < -0.3 is 19.7 Å². The molecule has 0 spiro atoms. The summed E-state index contributed by atoms with van der Waals surface area (Å²) in [5, 5.41) is 3.27. The molecule has 1 saturated heterocycles. The monoisotopic (exact) mass is 396 g/mol. The first-order chi connectivity index (χ1) is 11.4. The molecule has 0 aliphatic carbocycles. The van der Waals surface area contributed by atoms with Gasteiger partial charge in [-0.2, -0.15) is 0 Å². The van der Waals surface area contributed by atoms with Gasteiger partial charge in [-0.05, 0) is 47.5 Å². The zero-order valence-electron chi connectivity index (χ0n) is 14.0. The van der Waals surface area contributed by atoms with E-state index in [9.17, 15) is 9.59 Å². The molecule has 1 unspecified atom stereocenters. The number of rotatable bonds is 3. The first-order valence-electron chi connectivity index (χ1n) is 7.93. The standard InChI is InChI=1S/C17H21BrN2O4/c1-17(2)12-7-13(18)11(15(21)23-3)6-14(12)20(16(17)22)9-10-8-19-4-5-24-10/h6-7,10,19H,4-5,8-9H2,1-3H3. The third-order valence-corrected chi connectivity index (χ3v) is 5.28. The molecule has 1 aromatic carbocycles. The Bertz CT molecular complexity index is 683. The van der Waals surface area contributed by atoms with Gasteiger partial charge in [0.2, 0.25) is 5.91 Å². The number of esters is 1. The fourth-order valence-corrected chi connectivity index (χ4v) is 3.74. The number of carbonyl (C=O) groups excluding carboxylic acids is 2. The Balaban J connectivity index is 2.00. The maximum Gasteiger partial charge on any atom is 0.339 e. The van der Waals surface area contributed by atoms with E-state index in [0.717, 1.165) is 17.8 Å². The van der Waals surface area contributed by atoms with Gasteiger partial charge in [-0.1, -0.05) is 0 Å². The highest BCUT2D eigenvalue weighted by Crippen LogP contribution is 2.44. The first-order valence-corrected chi connectivity index (χ1v) is 8.72. The number of fused-ring (bicyclic) bond motifs is 1. The topological polar surface area (TPSA) is 67.9 Å². The molecule has 0 bridgehead atoms. The molecule has 3 rings (SSSR count). The highest BCUT2D eigenvalue weighted by molar-refractivity contribution is 9.10. The predicted octanol–water partition coefficient (Wildman–Crippen LogP) is 1.85. The van der Waals surface area contributed by atoms with Crippen LogP contribution in [0, 0.1) is 0 Å². The van der Waals surface area contributed by atoms with Gasteiger partial charge >= 0.3 is 5.97 Å². The molecule has 2 aliphatic heterocycles. The molecule has 2 aliphatic rings. The van der Waals surface area contributed by atoms with E-state index in [1.165, 1.54) is 7.11 Å². The molecule has 6 nitrogen and oxygen atoms in total. The van der Waals surface area contributed by atoms with E-state index in [1.807, 2.05) is 19.9 Å². The normalized spacial score (nSPS) is 22.4. The Morgan fingerprint density at radius 1 is 1.50 bits per heavy atom. The lowest BCUT2D eigenvalue weighted by Crippen LogP contribution is -2.47. The summed E-state index contributed by atoms with van der Waals surface area (Å²) < 4.78 is 11.2. The van der Waals surface area contributed by atoms with Gasteiger partial charge in [0, 0.05) is 23.2 Å². The lowest BCUT2D eigenvalue weighted by molar-refractivity contribution is -0.122. The lowest BCUT2D eigenvalue weighted by atomic mass is 9.86. The third-order valence-electron chi connectivity index (χ3n) is 4.63. The second-order valence-electron chi connectivity index (χ2n) is 6.58. The van der Waals surface area contributed by atoms with Crippen LogP contribution in [0.3, 0.4) is 0 Å². The zero-order chi connectivity index (χ0) is 17.5. The zero-order valence-corrected chi connectivity index (χ0v) is 15.6. The van der Waals surface area contributed by atoms with E-state index in [2.05, 4.69) is 21.2 Å². The number of nitrogens with zero attached hydrogens (tertiary/aromatic N) is 1. The van der Waals surface area contributed by atoms with Gasteiger partial charge in [0.05, 0.1) is 37.3 Å². The average molecular weight is 397 g/mol. The van der Waals surface area contributed by atoms with E-state index >= 15 is 0 Å². The predicted molar refractivity (Wildman–Crippen MR) is 93.5 cm³/mol. The van der Waals surface area contributed by atoms with Crippen LogP contribution in [0.15, 0.2) is 16.6 Å². The third kappa shape index (κ3) is 2.85. The summed E-state index contributed by atoms with van der Waals surface area (Å²) in [7, 11) is 1.34. The molecular formula is C17H21BrN2O4. The number of nitrogens with one attached hydrogen (secondary N) is 1. The fraction of sp³-hybridized carbons (Fsp3) is 0.529. The molecule has 1 N–H and O–H groups in total. The minimum absolute atomic E-state index is 0.0144. The second-order valence-corrected chi connectivity index (χ2v) is 7.43. The molecule has 1 fully saturated rings. The Hall–Kier alpha value is -1.44. The van der Waals surface area contributed by atoms with Gasteiger partial charge in [-0.25, -0.2) is 4.79 Å². The van der Waals surface area contributed by atoms with Crippen molar-refractivity contribution in [3.63, 3.8) is 0 Å². The number of hydrogen-bond donors (Lipinski definition) is 1. The molecular weight excluding hydrogens is 376 g/mol. The minimum atomic E-state index is -0.644. The van der Waals surface area contributed by atoms with E-state index in [4.69, 9.17) is 9.47 Å². The Morgan fingerprint density at radius 3 is 2.88 bits per heavy atom. The maximum atomic E-state index is 12.9. The van der Waals surface area contributed by atoms with Crippen LogP contribution in [0.4, 0.5) is 5.69 Å². The molecule has 1 atom stereocenters. The minimum Gasteiger partial charge on any atom is -0.465 e. The number of carbonyl (C=O) groups is 2. The van der Waals surface area contributed by atoms with Crippen LogP contribution < -0.4 is 10.2 Å². The Labute approximate surface area is 149 Å². The lowest BCUT2D eigenvalue weighted by Gasteiger charge is -2.29. The summed E-state index contributed by atoms with van der Waals surface area (Å²) in [6.07, 6.45) is -0.0605. The first kappa shape index (κ1) is 17.4. The smallest absolute Gasteiger partial charge is 0.339 e.